The molecule has 50 valence electrons. The van der Waals surface area contributed by atoms with Crippen molar-refractivity contribution >= 4 is 0 Å². The zero-order valence-electron chi connectivity index (χ0n) is 11.0. The Kier molecular flexibility index (Phi) is 0.508. The topological polar surface area (TPSA) is 43.8 Å². The zero-order valence-corrected chi connectivity index (χ0v) is 4.97. The molecule has 0 aliphatic heterocycles. The highest BCUT2D eigenvalue weighted by Gasteiger charge is 2.01. The molecule has 1 rings (SSSR count). The predicted octanol–water partition coefficient (Wildman–Crippen LogP) is 0.440. The Hall–Kier alpha value is -0.830. The molecule has 3 heteroatoms. The van der Waals surface area contributed by atoms with E-state index in [4.69, 9.17) is 14.0 Å². The highest BCUT2D eigenvalue weighted by atomic mass is 15.3. The predicted molar refractivity (Wildman–Crippen MR) is 35.8 cm³/mol. The van der Waals surface area contributed by atoms with Crippen LogP contribution in [0.25, 0.3) is 0 Å². The van der Waals surface area contributed by atoms with Gasteiger partial charge in [0.15, 0.2) is 0 Å². The summed E-state index contributed by atoms with van der Waals surface area (Å²) in [6, 6.07) is -2.19. The third-order valence-electron chi connectivity index (χ3n) is 0.910. The van der Waals surface area contributed by atoms with E-state index in [1.54, 1.807) is 0 Å². The van der Waals surface area contributed by atoms with Gasteiger partial charge in [-0.2, -0.15) is 5.10 Å². The number of nitrogens with zero attached hydrogens (tertiary/aromatic N) is 2. The summed E-state index contributed by atoms with van der Waals surface area (Å²) in [4.78, 5) is 0. The van der Waals surface area contributed by atoms with Gasteiger partial charge in [0.2, 0.25) is 0 Å². The van der Waals surface area contributed by atoms with Crippen LogP contribution in [-0.2, 0) is 6.98 Å². The van der Waals surface area contributed by atoms with E-state index in [-0.39, 0.29) is 5.69 Å². The first-order valence-corrected chi connectivity index (χ1v) is 2.41. The Morgan fingerprint density at radius 1 is 2.22 bits per heavy atom. The summed E-state index contributed by atoms with van der Waals surface area (Å²) in [6.45, 7) is -1.39. The number of aromatic nitrogens is 2. The molecule has 0 amide bonds. The number of aryl methyl sites for hydroxylation is 1. The molecule has 0 saturated carbocycles. The summed E-state index contributed by atoms with van der Waals surface area (Å²) >= 11 is 0. The van der Waals surface area contributed by atoms with E-state index in [2.05, 4.69) is 5.10 Å². The van der Waals surface area contributed by atoms with Crippen molar-refractivity contribution in [2.45, 2.75) is 12.9 Å². The Bertz CT molecular complexity index is 373. The van der Waals surface area contributed by atoms with Gasteiger partial charge in [-0.25, -0.2) is 0 Å². The molecule has 2 N–H and O–H groups in total. The second kappa shape index (κ2) is 2.19. The highest BCUT2D eigenvalue weighted by molar-refractivity contribution is 5.03. The average molecular weight is 131 g/mol. The van der Waals surface area contributed by atoms with Gasteiger partial charge >= 0.3 is 0 Å². The second-order valence-corrected chi connectivity index (χ2v) is 1.68. The molecule has 1 aromatic heterocycles. The molecule has 0 spiro atoms. The molecule has 9 heavy (non-hydrogen) atoms. The van der Waals surface area contributed by atoms with Crippen LogP contribution in [0.2, 0.25) is 0 Å². The standard InChI is InChI=1S/C6H11N3/c1-5(7)6-3-4-8-9(6)2/h3-5H,7H2,1-2H3/i2D3,3D,4D,5D. The first-order chi connectivity index (χ1) is 6.55. The molecule has 0 aliphatic rings. The van der Waals surface area contributed by atoms with Crippen molar-refractivity contribution in [1.29, 1.82) is 0 Å². The summed E-state index contributed by atoms with van der Waals surface area (Å²) in [5.74, 6) is 0. The number of nitrogens with two attached hydrogens (primary N) is 1. The molecule has 1 unspecified atom stereocenters. The molecular weight excluding hydrogens is 114 g/mol. The highest BCUT2D eigenvalue weighted by Crippen LogP contribution is 2.05. The summed E-state index contributed by atoms with van der Waals surface area (Å²) in [7, 11) is 0. The van der Waals surface area contributed by atoms with E-state index in [1.165, 1.54) is 6.92 Å². The summed E-state index contributed by atoms with van der Waals surface area (Å²) < 4.78 is 44.1. The van der Waals surface area contributed by atoms with Gasteiger partial charge in [-0.15, -0.1) is 0 Å². The SMILES string of the molecule is [2H]c1nn(C([2H])([2H])[2H])c(C([2H])(C)N)c1[2H]. The first kappa shape index (κ1) is 2.09. The maximum atomic E-state index is 7.51. The fourth-order valence-electron chi connectivity index (χ4n) is 0.497. The lowest BCUT2D eigenvalue weighted by Crippen LogP contribution is -2.10. The van der Waals surface area contributed by atoms with Crippen LogP contribution in [-0.4, -0.2) is 9.78 Å². The van der Waals surface area contributed by atoms with Crippen LogP contribution in [0.15, 0.2) is 12.2 Å². The Morgan fingerprint density at radius 3 is 3.44 bits per heavy atom. The minimum absolute atomic E-state index is 0.285. The Morgan fingerprint density at radius 2 is 3.00 bits per heavy atom. The van der Waals surface area contributed by atoms with E-state index < -0.39 is 25.2 Å². The number of rotatable bonds is 1. The Balaban J connectivity index is 3.48. The van der Waals surface area contributed by atoms with Crippen molar-refractivity contribution in [3.05, 3.63) is 17.9 Å². The molecule has 0 aliphatic carbocycles. The van der Waals surface area contributed by atoms with Crippen molar-refractivity contribution in [3.8, 4) is 0 Å². The molecule has 0 radical (unpaired) electrons. The van der Waals surface area contributed by atoms with Gasteiger partial charge in [0, 0.05) is 23.3 Å². The molecule has 0 saturated heterocycles. The van der Waals surface area contributed by atoms with Gasteiger partial charge in [0.05, 0.1) is 9.81 Å². The molecule has 0 aromatic carbocycles. The van der Waals surface area contributed by atoms with Crippen LogP contribution in [0.5, 0.6) is 0 Å². The summed E-state index contributed by atoms with van der Waals surface area (Å²) in [5, 5.41) is 3.38. The van der Waals surface area contributed by atoms with Crippen LogP contribution < -0.4 is 5.73 Å². The summed E-state index contributed by atoms with van der Waals surface area (Å²) in [5.41, 5.74) is 5.14. The van der Waals surface area contributed by atoms with Gasteiger partial charge in [-0.3, -0.25) is 4.68 Å². The molecule has 1 atom stereocenters. The zero-order chi connectivity index (χ0) is 12.0. The maximum absolute atomic E-state index is 7.51. The quantitative estimate of drug-likeness (QED) is 0.601. The fraction of sp³-hybridized carbons (Fsp3) is 0.500. The normalized spacial score (nSPS) is 28.2. The van der Waals surface area contributed by atoms with Gasteiger partial charge in [-0.1, -0.05) is 0 Å². The van der Waals surface area contributed by atoms with Crippen LogP contribution in [0.1, 0.15) is 26.9 Å². The van der Waals surface area contributed by atoms with E-state index in [9.17, 15) is 0 Å². The fourth-order valence-corrected chi connectivity index (χ4v) is 0.497. The van der Waals surface area contributed by atoms with E-state index in [0.717, 1.165) is 0 Å². The second-order valence-electron chi connectivity index (χ2n) is 1.68. The molecular formula is C6H11N3. The first-order valence-electron chi connectivity index (χ1n) is 5.41. The number of hydrogen-bond donors (Lipinski definition) is 1. The lowest BCUT2D eigenvalue weighted by molar-refractivity contribution is 0.654. The van der Waals surface area contributed by atoms with Crippen LogP contribution in [0.3, 0.4) is 0 Å². The maximum Gasteiger partial charge on any atom is 0.0860 e. The Labute approximate surface area is 62.9 Å². The van der Waals surface area contributed by atoms with Crippen molar-refractivity contribution in [1.82, 2.24) is 9.78 Å². The van der Waals surface area contributed by atoms with Crippen molar-refractivity contribution in [2.75, 3.05) is 0 Å². The van der Waals surface area contributed by atoms with Gasteiger partial charge in [0.1, 0.15) is 0 Å². The van der Waals surface area contributed by atoms with Crippen molar-refractivity contribution in [2.24, 2.45) is 12.7 Å². The van der Waals surface area contributed by atoms with Gasteiger partial charge in [-0.05, 0) is 13.0 Å². The van der Waals surface area contributed by atoms with E-state index >= 15 is 0 Å². The molecule has 1 heterocycles. The lowest BCUT2D eigenvalue weighted by Gasteiger charge is -2.03. The average Bonchev–Trinajstić information content (AvgIpc) is 2.25. The van der Waals surface area contributed by atoms with E-state index in [1.807, 2.05) is 0 Å². The third kappa shape index (κ3) is 1.10. The van der Waals surface area contributed by atoms with Crippen molar-refractivity contribution < 1.29 is 8.22 Å². The molecule has 3 nitrogen and oxygen atoms in total. The smallest absolute Gasteiger partial charge is 0.0860 e. The largest absolute Gasteiger partial charge is 0.323 e. The lowest BCUT2D eigenvalue weighted by atomic mass is 10.2. The van der Waals surface area contributed by atoms with Crippen molar-refractivity contribution in [3.63, 3.8) is 0 Å². The van der Waals surface area contributed by atoms with Crippen LogP contribution in [0, 0.1) is 0 Å². The monoisotopic (exact) mass is 131 g/mol. The molecule has 1 aromatic rings. The van der Waals surface area contributed by atoms with Gasteiger partial charge in [0.25, 0.3) is 0 Å². The molecule has 0 fully saturated rings. The minimum Gasteiger partial charge on any atom is -0.323 e. The minimum atomic E-state index is -2.63. The van der Waals surface area contributed by atoms with Crippen LogP contribution in [0.4, 0.5) is 0 Å². The van der Waals surface area contributed by atoms with Gasteiger partial charge < -0.3 is 5.73 Å². The molecule has 0 bridgehead atoms. The third-order valence-corrected chi connectivity index (χ3v) is 0.910. The number of hydrogen-bond acceptors (Lipinski definition) is 2. The van der Waals surface area contributed by atoms with E-state index in [0.29, 0.717) is 4.68 Å². The van der Waals surface area contributed by atoms with Crippen LogP contribution >= 0.6 is 0 Å². The summed E-state index contributed by atoms with van der Waals surface area (Å²) in [6.07, 6.45) is -0.495.